The maximum Gasteiger partial charge on any atom is 0.133 e. The number of halogens is 4. The number of hydrogen-bond donors (Lipinski definition) is 1. The topological polar surface area (TPSA) is 20.2 Å². The summed E-state index contributed by atoms with van der Waals surface area (Å²) in [5, 5.41) is 11.8. The third kappa shape index (κ3) is 2.99. The maximum atomic E-state index is 13.7. The van der Waals surface area contributed by atoms with E-state index < -0.39 is 17.7 Å². The van der Waals surface area contributed by atoms with Gasteiger partial charge in [0.05, 0.1) is 11.7 Å². The molecule has 0 saturated heterocycles. The molecule has 0 aliphatic rings. The minimum absolute atomic E-state index is 0.174. The SMILES string of the molecule is OC(Cc1sccc1Br)c1c(F)cc(Br)cc1F. The Balaban J connectivity index is 2.29. The van der Waals surface area contributed by atoms with Crippen molar-refractivity contribution >= 4 is 43.2 Å². The molecule has 2 aromatic rings. The lowest BCUT2D eigenvalue weighted by Crippen LogP contribution is -2.07. The summed E-state index contributed by atoms with van der Waals surface area (Å²) < 4.78 is 28.5. The van der Waals surface area contributed by atoms with E-state index in [9.17, 15) is 13.9 Å². The van der Waals surface area contributed by atoms with E-state index in [0.29, 0.717) is 4.47 Å². The third-order valence-electron chi connectivity index (χ3n) is 2.45. The second-order valence-electron chi connectivity index (χ2n) is 3.69. The predicted molar refractivity (Wildman–Crippen MR) is 74.7 cm³/mol. The van der Waals surface area contributed by atoms with Crippen molar-refractivity contribution in [1.29, 1.82) is 0 Å². The second kappa shape index (κ2) is 5.77. The Labute approximate surface area is 124 Å². The third-order valence-corrected chi connectivity index (χ3v) is 4.85. The predicted octanol–water partition coefficient (Wildman–Crippen LogP) is 4.83. The van der Waals surface area contributed by atoms with E-state index in [1.165, 1.54) is 11.3 Å². The van der Waals surface area contributed by atoms with Crippen molar-refractivity contribution in [2.45, 2.75) is 12.5 Å². The number of hydrogen-bond acceptors (Lipinski definition) is 2. The molecule has 2 rings (SSSR count). The largest absolute Gasteiger partial charge is 0.388 e. The van der Waals surface area contributed by atoms with Crippen LogP contribution in [0, 0.1) is 11.6 Å². The number of benzene rings is 1. The fourth-order valence-electron chi connectivity index (χ4n) is 1.62. The number of thiophene rings is 1. The molecule has 0 radical (unpaired) electrons. The van der Waals surface area contributed by atoms with Gasteiger partial charge in [0.15, 0.2) is 0 Å². The summed E-state index contributed by atoms with van der Waals surface area (Å²) in [4.78, 5) is 0.851. The maximum absolute atomic E-state index is 13.7. The fourth-order valence-corrected chi connectivity index (χ4v) is 3.57. The molecular weight excluding hydrogens is 390 g/mol. The molecule has 96 valence electrons. The van der Waals surface area contributed by atoms with Gasteiger partial charge in [0.2, 0.25) is 0 Å². The molecule has 0 saturated carbocycles. The second-order valence-corrected chi connectivity index (χ2v) is 6.47. The molecule has 1 aromatic carbocycles. The van der Waals surface area contributed by atoms with Gasteiger partial charge < -0.3 is 5.11 Å². The highest BCUT2D eigenvalue weighted by atomic mass is 79.9. The number of aliphatic hydroxyl groups is 1. The van der Waals surface area contributed by atoms with Crippen LogP contribution in [0.4, 0.5) is 8.78 Å². The minimum Gasteiger partial charge on any atom is -0.388 e. The van der Waals surface area contributed by atoms with Gasteiger partial charge in [0, 0.05) is 20.2 Å². The van der Waals surface area contributed by atoms with Crippen LogP contribution < -0.4 is 0 Å². The zero-order chi connectivity index (χ0) is 13.3. The van der Waals surface area contributed by atoms with Crippen molar-refractivity contribution in [1.82, 2.24) is 0 Å². The lowest BCUT2D eigenvalue weighted by molar-refractivity contribution is 0.169. The van der Waals surface area contributed by atoms with Crippen molar-refractivity contribution in [3.63, 3.8) is 0 Å². The smallest absolute Gasteiger partial charge is 0.133 e. The van der Waals surface area contributed by atoms with Crippen LogP contribution in [0.2, 0.25) is 0 Å². The molecule has 1 atom stereocenters. The summed E-state index contributed by atoms with van der Waals surface area (Å²) >= 11 is 7.75. The van der Waals surface area contributed by atoms with E-state index >= 15 is 0 Å². The van der Waals surface area contributed by atoms with Crippen LogP contribution in [0.3, 0.4) is 0 Å². The summed E-state index contributed by atoms with van der Waals surface area (Å²) in [6.07, 6.45) is -1.03. The highest BCUT2D eigenvalue weighted by molar-refractivity contribution is 9.10. The van der Waals surface area contributed by atoms with Gasteiger partial charge in [-0.15, -0.1) is 11.3 Å². The van der Waals surface area contributed by atoms with Crippen molar-refractivity contribution in [2.75, 3.05) is 0 Å². The Hall–Kier alpha value is -0.300. The molecule has 1 nitrogen and oxygen atoms in total. The van der Waals surface area contributed by atoms with E-state index in [-0.39, 0.29) is 12.0 Å². The van der Waals surface area contributed by atoms with Gasteiger partial charge in [-0.05, 0) is 39.5 Å². The molecule has 6 heteroatoms. The Morgan fingerprint density at radius 2 is 1.83 bits per heavy atom. The van der Waals surface area contributed by atoms with E-state index in [1.807, 2.05) is 11.4 Å². The molecule has 1 aromatic heterocycles. The Bertz CT molecular complexity index is 548. The van der Waals surface area contributed by atoms with Crippen LogP contribution in [0.25, 0.3) is 0 Å². The summed E-state index contributed by atoms with van der Waals surface area (Å²) in [5.74, 6) is -1.50. The molecule has 0 aliphatic heterocycles. The van der Waals surface area contributed by atoms with Gasteiger partial charge in [0.25, 0.3) is 0 Å². The average Bonchev–Trinajstić information content (AvgIpc) is 2.62. The summed E-state index contributed by atoms with van der Waals surface area (Å²) in [7, 11) is 0. The van der Waals surface area contributed by atoms with Gasteiger partial charge in [-0.3, -0.25) is 0 Å². The van der Waals surface area contributed by atoms with E-state index in [4.69, 9.17) is 0 Å². The van der Waals surface area contributed by atoms with E-state index in [2.05, 4.69) is 31.9 Å². The molecule has 0 aliphatic carbocycles. The molecular formula is C12H8Br2F2OS. The van der Waals surface area contributed by atoms with Crippen molar-refractivity contribution in [3.8, 4) is 0 Å². The minimum atomic E-state index is -1.20. The van der Waals surface area contributed by atoms with Crippen LogP contribution in [-0.4, -0.2) is 5.11 Å². The first-order chi connectivity index (χ1) is 8.49. The standard InChI is InChI=1S/C12H8Br2F2OS/c13-6-3-8(15)12(9(16)4-6)10(17)5-11-7(14)1-2-18-11/h1-4,10,17H,5H2. The van der Waals surface area contributed by atoms with Crippen molar-refractivity contribution in [3.05, 3.63) is 54.6 Å². The molecule has 0 bridgehead atoms. The van der Waals surface area contributed by atoms with Gasteiger partial charge in [-0.1, -0.05) is 15.9 Å². The molecule has 18 heavy (non-hydrogen) atoms. The van der Waals surface area contributed by atoms with Crippen LogP contribution in [0.15, 0.2) is 32.5 Å². The monoisotopic (exact) mass is 396 g/mol. The quantitative estimate of drug-likeness (QED) is 0.786. The summed E-state index contributed by atoms with van der Waals surface area (Å²) in [6, 6.07) is 4.12. The van der Waals surface area contributed by atoms with Gasteiger partial charge in [-0.2, -0.15) is 0 Å². The van der Waals surface area contributed by atoms with Gasteiger partial charge in [0.1, 0.15) is 11.6 Å². The van der Waals surface area contributed by atoms with Crippen molar-refractivity contribution < 1.29 is 13.9 Å². The van der Waals surface area contributed by atoms with E-state index in [0.717, 1.165) is 21.5 Å². The average molecular weight is 398 g/mol. The lowest BCUT2D eigenvalue weighted by atomic mass is 10.0. The first-order valence-corrected chi connectivity index (χ1v) is 7.50. The van der Waals surface area contributed by atoms with Crippen LogP contribution in [0.5, 0.6) is 0 Å². The summed E-state index contributed by atoms with van der Waals surface area (Å²) in [5.41, 5.74) is -0.293. The number of rotatable bonds is 3. The molecule has 0 fully saturated rings. The number of aliphatic hydroxyl groups excluding tert-OH is 1. The van der Waals surface area contributed by atoms with Gasteiger partial charge in [-0.25, -0.2) is 8.78 Å². The Morgan fingerprint density at radius 1 is 1.22 bits per heavy atom. The fraction of sp³-hybridized carbons (Fsp3) is 0.167. The molecule has 1 heterocycles. The Kier molecular flexibility index (Phi) is 4.53. The zero-order valence-corrected chi connectivity index (χ0v) is 12.9. The van der Waals surface area contributed by atoms with Gasteiger partial charge >= 0.3 is 0 Å². The highest BCUT2D eigenvalue weighted by Crippen LogP contribution is 2.31. The van der Waals surface area contributed by atoms with Crippen LogP contribution in [0.1, 0.15) is 16.5 Å². The van der Waals surface area contributed by atoms with Crippen LogP contribution >= 0.6 is 43.2 Å². The first kappa shape index (κ1) is 14.1. The van der Waals surface area contributed by atoms with Crippen molar-refractivity contribution in [2.24, 2.45) is 0 Å². The van der Waals surface area contributed by atoms with E-state index in [1.54, 1.807) is 0 Å². The highest BCUT2D eigenvalue weighted by Gasteiger charge is 2.20. The Morgan fingerprint density at radius 3 is 2.33 bits per heavy atom. The molecule has 0 spiro atoms. The molecule has 0 amide bonds. The zero-order valence-electron chi connectivity index (χ0n) is 8.96. The van der Waals surface area contributed by atoms with Crippen LogP contribution in [-0.2, 0) is 6.42 Å². The normalized spacial score (nSPS) is 12.7. The first-order valence-electron chi connectivity index (χ1n) is 5.03. The lowest BCUT2D eigenvalue weighted by Gasteiger charge is -2.12. The molecule has 1 unspecified atom stereocenters. The summed E-state index contributed by atoms with van der Waals surface area (Å²) in [6.45, 7) is 0. The molecule has 1 N–H and O–H groups in total.